The second-order valence-corrected chi connectivity index (χ2v) is 9.04. The summed E-state index contributed by atoms with van der Waals surface area (Å²) in [5.41, 5.74) is -1.09. The lowest BCUT2D eigenvalue weighted by molar-refractivity contribution is -0.148. The quantitative estimate of drug-likeness (QED) is 0.577. The number of hydrogen-bond donors (Lipinski definition) is 2. The second-order valence-electron chi connectivity index (χ2n) is 9.04. The molecule has 30 heavy (non-hydrogen) atoms. The number of nitrogens with zero attached hydrogens (tertiary/aromatic N) is 1. The number of amides is 2. The second kappa shape index (κ2) is 13.6. The molecule has 1 heterocycles. The molecular weight excluding hydrogens is 446 g/mol. The summed E-state index contributed by atoms with van der Waals surface area (Å²) >= 11 is 0. The lowest BCUT2D eigenvalue weighted by Gasteiger charge is -2.36. The van der Waals surface area contributed by atoms with Gasteiger partial charge in [0.15, 0.2) is 0 Å². The van der Waals surface area contributed by atoms with E-state index in [1.807, 2.05) is 25.7 Å². The van der Waals surface area contributed by atoms with Gasteiger partial charge in [-0.15, -0.1) is 0 Å². The maximum atomic E-state index is 13.0. The molecule has 180 valence electrons. The predicted molar refractivity (Wildman–Crippen MR) is 133 cm³/mol. The van der Waals surface area contributed by atoms with E-state index >= 15 is 0 Å². The molecule has 0 unspecified atom stereocenters. The molecule has 3 atom stereocenters. The van der Waals surface area contributed by atoms with Gasteiger partial charge in [0.2, 0.25) is 5.91 Å². The Morgan fingerprint density at radius 3 is 2.00 bits per heavy atom. The summed E-state index contributed by atoms with van der Waals surface area (Å²) in [6, 6.07) is -1.79. The Hall–Kier alpha value is -0.780. The van der Waals surface area contributed by atoms with Crippen LogP contribution in [0.5, 0.6) is 0 Å². The van der Waals surface area contributed by atoms with Gasteiger partial charge in [-0.1, -0.05) is 0 Å². The minimum Gasteiger partial charge on any atom is -0.468 e. The van der Waals surface area contributed by atoms with Crippen molar-refractivity contribution in [2.45, 2.75) is 90.6 Å². The van der Waals surface area contributed by atoms with Crippen LogP contribution in [-0.4, -0.2) is 65.8 Å². The van der Waals surface area contributed by atoms with Crippen LogP contribution in [0.2, 0.25) is 0 Å². The number of esters is 1. The van der Waals surface area contributed by atoms with Crippen molar-refractivity contribution in [1.82, 2.24) is 15.5 Å². The third kappa shape index (κ3) is 11.0. The molecule has 0 radical (unpaired) electrons. The van der Waals surface area contributed by atoms with Crippen LogP contribution in [0.15, 0.2) is 0 Å². The normalized spacial score (nSPS) is 18.5. The van der Waals surface area contributed by atoms with Gasteiger partial charge in [0, 0.05) is 5.54 Å². The number of hydrogen-bond acceptors (Lipinski definition) is 6. The molecule has 1 fully saturated rings. The molecule has 0 aromatic rings. The van der Waals surface area contributed by atoms with Crippen molar-refractivity contribution < 1.29 is 23.9 Å². The van der Waals surface area contributed by atoms with Gasteiger partial charge in [-0.05, 0) is 67.9 Å². The predicted octanol–water partition coefficient (Wildman–Crippen LogP) is 2.16. The van der Waals surface area contributed by atoms with E-state index in [1.54, 1.807) is 27.7 Å². The third-order valence-corrected chi connectivity index (χ3v) is 4.11. The molecular formula is C19H41N3O5S3. The lowest BCUT2D eigenvalue weighted by atomic mass is 10.0. The first-order valence-electron chi connectivity index (χ1n) is 9.40. The van der Waals surface area contributed by atoms with E-state index in [4.69, 9.17) is 9.47 Å². The Kier molecular flexibility index (Phi) is 15.3. The fourth-order valence-electron chi connectivity index (χ4n) is 3.19. The number of likely N-dealkylation sites (tertiary alicyclic amines) is 1. The minimum atomic E-state index is -0.719. The molecule has 1 saturated heterocycles. The summed E-state index contributed by atoms with van der Waals surface area (Å²) in [5.74, 6) is -0.618. The highest BCUT2D eigenvalue weighted by Gasteiger charge is 2.43. The van der Waals surface area contributed by atoms with E-state index in [0.29, 0.717) is 13.0 Å². The summed E-state index contributed by atoms with van der Waals surface area (Å²) in [5, 5.41) is 5.69. The highest BCUT2D eigenvalue weighted by molar-refractivity contribution is 7.59. The van der Waals surface area contributed by atoms with Crippen molar-refractivity contribution >= 4 is 58.5 Å². The summed E-state index contributed by atoms with van der Waals surface area (Å²) in [6.45, 7) is 13.3. The van der Waals surface area contributed by atoms with Crippen LogP contribution < -0.4 is 10.6 Å². The average Bonchev–Trinajstić information content (AvgIpc) is 2.91. The van der Waals surface area contributed by atoms with Gasteiger partial charge < -0.3 is 20.1 Å². The topological polar surface area (TPSA) is 97.0 Å². The van der Waals surface area contributed by atoms with Crippen LogP contribution >= 0.6 is 40.5 Å². The minimum absolute atomic E-state index is 0. The summed E-state index contributed by atoms with van der Waals surface area (Å²) < 4.78 is 10.2. The Morgan fingerprint density at radius 1 is 1.03 bits per heavy atom. The van der Waals surface area contributed by atoms with Crippen molar-refractivity contribution in [1.29, 1.82) is 0 Å². The largest absolute Gasteiger partial charge is 0.468 e. The molecule has 0 aromatic carbocycles. The first-order chi connectivity index (χ1) is 12.2. The van der Waals surface area contributed by atoms with Crippen LogP contribution in [0.25, 0.3) is 0 Å². The van der Waals surface area contributed by atoms with Crippen molar-refractivity contribution in [2.75, 3.05) is 13.7 Å². The zero-order valence-electron chi connectivity index (χ0n) is 19.3. The van der Waals surface area contributed by atoms with E-state index in [0.717, 1.165) is 6.42 Å². The number of nitrogens with one attached hydrogen (secondary N) is 2. The number of carbonyl (C=O) groups excluding carboxylic acids is 3. The monoisotopic (exact) mass is 487 g/mol. The number of carbonyl (C=O) groups is 3. The Morgan fingerprint density at radius 2 is 1.57 bits per heavy atom. The van der Waals surface area contributed by atoms with Crippen molar-refractivity contribution in [3.63, 3.8) is 0 Å². The Labute approximate surface area is 201 Å². The molecule has 11 heteroatoms. The van der Waals surface area contributed by atoms with E-state index < -0.39 is 35.4 Å². The molecule has 1 aliphatic heterocycles. The number of ether oxygens (including phenoxy) is 2. The number of rotatable bonds is 5. The molecule has 8 nitrogen and oxygen atoms in total. The van der Waals surface area contributed by atoms with Crippen LogP contribution in [0, 0.1) is 0 Å². The summed E-state index contributed by atoms with van der Waals surface area (Å²) in [7, 11) is 1.34. The maximum absolute atomic E-state index is 13.0. The molecule has 1 rings (SSSR count). The molecule has 2 amide bonds. The zero-order valence-corrected chi connectivity index (χ0v) is 22.3. The van der Waals surface area contributed by atoms with Gasteiger partial charge >= 0.3 is 12.1 Å². The first kappa shape index (κ1) is 33.8. The molecule has 0 bridgehead atoms. The number of methoxy groups -OCH3 is 1. The third-order valence-electron chi connectivity index (χ3n) is 4.11. The molecule has 0 saturated carbocycles. The van der Waals surface area contributed by atoms with Gasteiger partial charge in [0.05, 0.1) is 13.2 Å². The van der Waals surface area contributed by atoms with Crippen LogP contribution in [0.3, 0.4) is 0 Å². The fraction of sp³-hybridized carbons (Fsp3) is 0.842. The van der Waals surface area contributed by atoms with Crippen LogP contribution in [0.4, 0.5) is 4.79 Å². The summed E-state index contributed by atoms with van der Waals surface area (Å²) in [4.78, 5) is 39.2. The SMILES string of the molecule is COC(=O)[C@@H]1CCCN1[C@H](C(=O)NC(C)(C)C)[C@H](C)NC(=O)OC(C)(C)C.S.S.S. The van der Waals surface area contributed by atoms with Gasteiger partial charge in [-0.3, -0.25) is 14.5 Å². The van der Waals surface area contributed by atoms with E-state index in [1.165, 1.54) is 7.11 Å². The first-order valence-corrected chi connectivity index (χ1v) is 9.40. The molecule has 0 aromatic heterocycles. The van der Waals surface area contributed by atoms with Crippen molar-refractivity contribution in [3.8, 4) is 0 Å². The molecule has 2 N–H and O–H groups in total. The van der Waals surface area contributed by atoms with E-state index in [-0.39, 0.29) is 52.4 Å². The zero-order chi connectivity index (χ0) is 21.0. The van der Waals surface area contributed by atoms with Gasteiger partial charge in [-0.25, -0.2) is 4.79 Å². The Balaban J connectivity index is -0.00000243. The Bertz CT molecular complexity index is 565. The van der Waals surface area contributed by atoms with Crippen molar-refractivity contribution in [2.24, 2.45) is 0 Å². The van der Waals surface area contributed by atoms with Crippen LogP contribution in [0.1, 0.15) is 61.3 Å². The fourth-order valence-corrected chi connectivity index (χ4v) is 3.19. The molecule has 1 aliphatic rings. The molecule has 0 spiro atoms. The lowest BCUT2D eigenvalue weighted by Crippen LogP contribution is -2.62. The standard InChI is InChI=1S/C19H35N3O5.3H2S/c1-12(20-17(25)27-19(5,6)7)14(15(23)21-18(2,3)4)22-11-9-10-13(22)16(24)26-8;;;/h12-14H,9-11H2,1-8H3,(H,20,25)(H,21,23);3*1H2/t12-,13-,14-;;;/m0.../s1. The van der Waals surface area contributed by atoms with Gasteiger partial charge in [0.1, 0.15) is 17.7 Å². The van der Waals surface area contributed by atoms with Gasteiger partial charge in [0.25, 0.3) is 0 Å². The maximum Gasteiger partial charge on any atom is 0.407 e. The highest BCUT2D eigenvalue weighted by atomic mass is 32.1. The number of alkyl carbamates (subject to hydrolysis) is 1. The van der Waals surface area contributed by atoms with Crippen LogP contribution in [-0.2, 0) is 19.1 Å². The smallest absolute Gasteiger partial charge is 0.407 e. The van der Waals surface area contributed by atoms with Gasteiger partial charge in [-0.2, -0.15) is 40.5 Å². The van der Waals surface area contributed by atoms with E-state index in [2.05, 4.69) is 10.6 Å². The summed E-state index contributed by atoms with van der Waals surface area (Å²) in [6.07, 6.45) is 0.793. The molecule has 0 aliphatic carbocycles. The average molecular weight is 488 g/mol. The van der Waals surface area contributed by atoms with E-state index in [9.17, 15) is 14.4 Å². The highest BCUT2D eigenvalue weighted by Crippen LogP contribution is 2.24. The van der Waals surface area contributed by atoms with Crippen molar-refractivity contribution in [3.05, 3.63) is 0 Å².